The van der Waals surface area contributed by atoms with Crippen molar-refractivity contribution in [3.8, 4) is 0 Å². The Labute approximate surface area is 110 Å². The van der Waals surface area contributed by atoms with Crippen LogP contribution in [-0.4, -0.2) is 0 Å². The molecule has 6 heavy (non-hydrogen) atoms. The molecule has 0 aliphatic carbocycles. The summed E-state index contributed by atoms with van der Waals surface area (Å²) in [5.41, 5.74) is 0. The molecule has 0 fully saturated rings. The Kier molecular flexibility index (Phi) is 31.3. The van der Waals surface area contributed by atoms with E-state index in [2.05, 4.69) is 0 Å². The van der Waals surface area contributed by atoms with E-state index in [1.807, 2.05) is 0 Å². The summed E-state index contributed by atoms with van der Waals surface area (Å²) in [5.74, 6) is 0. The third-order valence-corrected chi connectivity index (χ3v) is 0. The average molecular weight is 424 g/mol. The molecule has 0 saturated heterocycles. The Balaban J connectivity index is -0.0000000450. The van der Waals surface area contributed by atoms with Crippen molar-refractivity contribution in [2.24, 2.45) is 0 Å². The van der Waals surface area contributed by atoms with E-state index >= 15 is 0 Å². The van der Waals surface area contributed by atoms with Crippen LogP contribution in [0, 0.1) is 0 Å². The fourth-order valence-electron chi connectivity index (χ4n) is 0. The zero-order valence-corrected chi connectivity index (χ0v) is 12.9. The fourth-order valence-corrected chi connectivity index (χ4v) is 0. The molecule has 0 amide bonds. The minimum Gasteiger partial charge on any atom is 1.00 e. The minimum absolute atomic E-state index is 0. The van der Waals surface area contributed by atoms with E-state index in [4.69, 9.17) is 27.6 Å². The second kappa shape index (κ2) is 11.5. The number of hydrogen-bond acceptors (Lipinski definition) is 0. The van der Waals surface area contributed by atoms with Crippen LogP contribution in [0.25, 0.3) is 0 Å². The molecular formula is AuCl4Rb. The predicted molar refractivity (Wildman–Crippen MR) is 17.6 cm³/mol. The first-order valence-corrected chi connectivity index (χ1v) is 8.40. The molecule has 0 heterocycles. The Morgan fingerprint density at radius 2 is 1.00 bits per heavy atom. The molecule has 0 aromatic carbocycles. The van der Waals surface area contributed by atoms with Crippen LogP contribution >= 0.6 is 27.6 Å². The Hall–Kier alpha value is 3.71. The van der Waals surface area contributed by atoms with E-state index in [0.717, 1.165) is 0 Å². The maximum Gasteiger partial charge on any atom is 1.00 e. The van der Waals surface area contributed by atoms with Gasteiger partial charge in [0.1, 0.15) is 0 Å². The molecule has 0 spiro atoms. The summed E-state index contributed by atoms with van der Waals surface area (Å²) in [4.78, 5) is 0. The number of hydrogen-bond donors (Lipinski definition) is 0. The van der Waals surface area contributed by atoms with Gasteiger partial charge in [-0.25, -0.2) is 0 Å². The van der Waals surface area contributed by atoms with Gasteiger partial charge in [-0.2, -0.15) is 0 Å². The summed E-state index contributed by atoms with van der Waals surface area (Å²) in [6, 6.07) is 0. The van der Waals surface area contributed by atoms with E-state index in [0.29, 0.717) is 0 Å². The smallest absolute Gasteiger partial charge is 1.00 e. The van der Waals surface area contributed by atoms with E-state index < -0.39 is 15.2 Å². The van der Waals surface area contributed by atoms with Crippen LogP contribution in [0.15, 0.2) is 0 Å². The fraction of sp³-hybridized carbons (Fsp3) is 0. The Bertz CT molecular complexity index is 12.3. The molecular weight excluding hydrogens is 424 g/mol. The van der Waals surface area contributed by atoms with Crippen LogP contribution < -0.4 is 70.6 Å². The summed E-state index contributed by atoms with van der Waals surface area (Å²) in [5, 5.41) is 0. The third-order valence-electron chi connectivity index (χ3n) is 0. The molecule has 0 atom stereocenters. The average Bonchev–Trinajstić information content (AvgIpc) is 0.811. The van der Waals surface area contributed by atoms with Gasteiger partial charge in [-0.3, -0.25) is 0 Å². The zero-order chi connectivity index (χ0) is 3.58. The number of rotatable bonds is 0. The summed E-state index contributed by atoms with van der Waals surface area (Å²) in [6.45, 7) is 0. The van der Waals surface area contributed by atoms with Gasteiger partial charge in [0.15, 0.2) is 0 Å². The van der Waals surface area contributed by atoms with Crippen LogP contribution in [0.1, 0.15) is 0 Å². The molecule has 0 aromatic heterocycles. The van der Waals surface area contributed by atoms with E-state index in [1.165, 1.54) is 0 Å². The molecule has 0 aliphatic rings. The van der Waals surface area contributed by atoms with Gasteiger partial charge >= 0.3 is 101 Å². The standard InChI is InChI=1S/Au.4ClH.Rb/h;4*1H;/q+3;;;;;+1/p-4. The molecule has 0 N–H and O–H groups in total. The SMILES string of the molecule is [Cl-].[Cl][Au]([Cl])[Cl].[Rb+]. The van der Waals surface area contributed by atoms with E-state index in [1.54, 1.807) is 0 Å². The van der Waals surface area contributed by atoms with Gasteiger partial charge < -0.3 is 12.4 Å². The van der Waals surface area contributed by atoms with Crippen molar-refractivity contribution in [1.29, 1.82) is 0 Å². The van der Waals surface area contributed by atoms with E-state index in [9.17, 15) is 0 Å². The van der Waals surface area contributed by atoms with Crippen molar-refractivity contribution in [3.63, 3.8) is 0 Å². The molecule has 0 bridgehead atoms. The maximum atomic E-state index is 4.95. The Morgan fingerprint density at radius 3 is 1.00 bits per heavy atom. The largest absolute Gasteiger partial charge is 1.00 e. The van der Waals surface area contributed by atoms with Gasteiger partial charge in [-0.15, -0.1) is 0 Å². The Morgan fingerprint density at radius 1 is 1.00 bits per heavy atom. The summed E-state index contributed by atoms with van der Waals surface area (Å²) < 4.78 is 0. The van der Waals surface area contributed by atoms with Crippen LogP contribution in [0.5, 0.6) is 0 Å². The normalized spacial score (nSPS) is 7.50. The van der Waals surface area contributed by atoms with Crippen molar-refractivity contribution < 1.29 is 85.8 Å². The molecule has 0 radical (unpaired) electrons. The van der Waals surface area contributed by atoms with Crippen LogP contribution in [0.2, 0.25) is 0 Å². The van der Waals surface area contributed by atoms with Gasteiger partial charge in [0, 0.05) is 0 Å². The van der Waals surface area contributed by atoms with Crippen molar-refractivity contribution in [3.05, 3.63) is 0 Å². The quantitative estimate of drug-likeness (QED) is 0.349. The van der Waals surface area contributed by atoms with Crippen molar-refractivity contribution in [2.75, 3.05) is 0 Å². The van der Waals surface area contributed by atoms with Gasteiger partial charge in [0.2, 0.25) is 0 Å². The summed E-state index contributed by atoms with van der Waals surface area (Å²) in [6.07, 6.45) is 0. The van der Waals surface area contributed by atoms with Gasteiger partial charge in [0.25, 0.3) is 0 Å². The molecule has 0 saturated carbocycles. The van der Waals surface area contributed by atoms with E-state index in [-0.39, 0.29) is 70.6 Å². The molecule has 0 aromatic rings. The van der Waals surface area contributed by atoms with Crippen LogP contribution in [0.4, 0.5) is 0 Å². The second-order valence-corrected chi connectivity index (χ2v) is 9.52. The monoisotopic (exact) mass is 422 g/mol. The molecule has 0 unspecified atom stereocenters. The molecule has 40 valence electrons. The van der Waals surface area contributed by atoms with Crippen molar-refractivity contribution in [2.45, 2.75) is 0 Å². The topological polar surface area (TPSA) is 0 Å². The molecule has 0 rings (SSSR count). The molecule has 0 aliphatic heterocycles. The molecule has 0 nitrogen and oxygen atoms in total. The molecule has 6 heteroatoms. The first kappa shape index (κ1) is 16.4. The zero-order valence-electron chi connectivity index (χ0n) is 2.81. The van der Waals surface area contributed by atoms with Crippen LogP contribution in [-0.2, 0) is 15.2 Å². The third kappa shape index (κ3) is 25.2. The minimum atomic E-state index is -1.79. The van der Waals surface area contributed by atoms with Crippen LogP contribution in [0.3, 0.4) is 0 Å². The van der Waals surface area contributed by atoms with Gasteiger partial charge in [-0.05, 0) is 0 Å². The van der Waals surface area contributed by atoms with Gasteiger partial charge in [-0.1, -0.05) is 0 Å². The van der Waals surface area contributed by atoms with Gasteiger partial charge in [0.05, 0.1) is 0 Å². The first-order valence-electron chi connectivity index (χ1n) is 0.342. The maximum absolute atomic E-state index is 4.95. The predicted octanol–water partition coefficient (Wildman–Crippen LogP) is -3.93. The number of halogens is 4. The second-order valence-electron chi connectivity index (χ2n) is 0.129. The van der Waals surface area contributed by atoms with Crippen molar-refractivity contribution in [1.82, 2.24) is 0 Å². The first-order chi connectivity index (χ1) is 1.73. The van der Waals surface area contributed by atoms with Crippen molar-refractivity contribution >= 4 is 27.6 Å². The summed E-state index contributed by atoms with van der Waals surface area (Å²) in [7, 11) is 14.9. The summed E-state index contributed by atoms with van der Waals surface area (Å²) >= 11 is -1.79.